The van der Waals surface area contributed by atoms with Crippen LogP contribution in [0.4, 0.5) is 0 Å². The molecule has 0 atom stereocenters. The van der Waals surface area contributed by atoms with E-state index in [1.807, 2.05) is 68.4 Å². The Hall–Kier alpha value is -3.58. The van der Waals surface area contributed by atoms with Gasteiger partial charge in [0.05, 0.1) is 6.61 Å². The van der Waals surface area contributed by atoms with Crippen LogP contribution in [0.15, 0.2) is 54.6 Å². The summed E-state index contributed by atoms with van der Waals surface area (Å²) in [5.74, 6) is 1.17. The minimum atomic E-state index is -0.116. The summed E-state index contributed by atoms with van der Waals surface area (Å²) in [4.78, 5) is 4.39. The average Bonchev–Trinajstić information content (AvgIpc) is 3.27. The summed E-state index contributed by atoms with van der Waals surface area (Å²) in [6, 6.07) is 18.0. The monoisotopic (exact) mass is 387 g/mol. The molecule has 7 nitrogen and oxygen atoms in total. The first-order valence-electron chi connectivity index (χ1n) is 9.28. The van der Waals surface area contributed by atoms with Gasteiger partial charge in [-0.15, -0.1) is 10.2 Å². The number of tetrazole rings is 1. The standard InChI is InChI=1S/C22H21N5O2/c1-14-10-21(20(12-28)15(2)23-14)29-13-16-8-9-18(17-6-4-3-5-7-17)19(11-16)22-24-26-27-25-22/h3-11,28H,12-13H2,1-2H3,(H,24,25,26,27). The van der Waals surface area contributed by atoms with Gasteiger partial charge in [-0.1, -0.05) is 42.5 Å². The lowest BCUT2D eigenvalue weighted by atomic mass is 9.97. The van der Waals surface area contributed by atoms with Gasteiger partial charge in [0.15, 0.2) is 0 Å². The first kappa shape index (κ1) is 18.8. The lowest BCUT2D eigenvalue weighted by Crippen LogP contribution is -2.03. The van der Waals surface area contributed by atoms with Gasteiger partial charge in [0.25, 0.3) is 0 Å². The Morgan fingerprint density at radius 3 is 2.55 bits per heavy atom. The van der Waals surface area contributed by atoms with Crippen LogP contribution in [-0.4, -0.2) is 30.7 Å². The number of ether oxygens (including phenoxy) is 1. The van der Waals surface area contributed by atoms with E-state index in [1.165, 1.54) is 0 Å². The van der Waals surface area contributed by atoms with Crippen LogP contribution in [0.25, 0.3) is 22.5 Å². The molecule has 0 radical (unpaired) electrons. The van der Waals surface area contributed by atoms with Crippen LogP contribution >= 0.6 is 0 Å². The normalized spacial score (nSPS) is 10.9. The van der Waals surface area contributed by atoms with Gasteiger partial charge in [0.2, 0.25) is 5.82 Å². The molecular formula is C22H21N5O2. The van der Waals surface area contributed by atoms with Crippen LogP contribution in [0.1, 0.15) is 22.5 Å². The number of aliphatic hydroxyl groups excluding tert-OH is 1. The van der Waals surface area contributed by atoms with Gasteiger partial charge < -0.3 is 9.84 Å². The van der Waals surface area contributed by atoms with E-state index in [1.54, 1.807) is 0 Å². The number of aliphatic hydroxyl groups is 1. The molecule has 0 amide bonds. The van der Waals surface area contributed by atoms with E-state index in [0.29, 0.717) is 23.7 Å². The van der Waals surface area contributed by atoms with Crippen molar-refractivity contribution in [1.29, 1.82) is 0 Å². The number of aryl methyl sites for hydroxylation is 2. The molecule has 0 saturated carbocycles. The van der Waals surface area contributed by atoms with Crippen molar-refractivity contribution in [2.75, 3.05) is 0 Å². The van der Waals surface area contributed by atoms with Crippen LogP contribution in [0.2, 0.25) is 0 Å². The van der Waals surface area contributed by atoms with Gasteiger partial charge >= 0.3 is 0 Å². The van der Waals surface area contributed by atoms with Gasteiger partial charge in [0.1, 0.15) is 12.4 Å². The number of nitrogens with zero attached hydrogens (tertiary/aromatic N) is 4. The molecule has 2 aromatic carbocycles. The molecule has 2 heterocycles. The largest absolute Gasteiger partial charge is 0.488 e. The predicted molar refractivity (Wildman–Crippen MR) is 109 cm³/mol. The van der Waals surface area contributed by atoms with E-state index >= 15 is 0 Å². The summed E-state index contributed by atoms with van der Waals surface area (Å²) >= 11 is 0. The first-order chi connectivity index (χ1) is 14.2. The Morgan fingerprint density at radius 2 is 1.83 bits per heavy atom. The summed E-state index contributed by atoms with van der Waals surface area (Å²) in [7, 11) is 0. The zero-order valence-electron chi connectivity index (χ0n) is 16.3. The molecule has 4 rings (SSSR count). The minimum absolute atomic E-state index is 0.116. The maximum absolute atomic E-state index is 9.67. The number of pyridine rings is 1. The smallest absolute Gasteiger partial charge is 0.205 e. The zero-order valence-corrected chi connectivity index (χ0v) is 16.3. The Kier molecular flexibility index (Phi) is 5.31. The second kappa shape index (κ2) is 8.20. The number of hydrogen-bond acceptors (Lipinski definition) is 6. The zero-order chi connectivity index (χ0) is 20.2. The highest BCUT2D eigenvalue weighted by molar-refractivity contribution is 5.80. The molecule has 29 heavy (non-hydrogen) atoms. The molecule has 2 aromatic heterocycles. The molecule has 4 aromatic rings. The lowest BCUT2D eigenvalue weighted by Gasteiger charge is -2.14. The molecule has 0 spiro atoms. The Balaban J connectivity index is 1.67. The average molecular weight is 387 g/mol. The number of benzene rings is 2. The third-order valence-corrected chi connectivity index (χ3v) is 4.73. The molecule has 0 saturated heterocycles. The second-order valence-electron chi connectivity index (χ2n) is 6.75. The molecule has 0 aliphatic heterocycles. The fourth-order valence-electron chi connectivity index (χ4n) is 3.31. The lowest BCUT2D eigenvalue weighted by molar-refractivity contribution is 0.257. The van der Waals surface area contributed by atoms with E-state index in [-0.39, 0.29) is 6.61 Å². The highest BCUT2D eigenvalue weighted by atomic mass is 16.5. The van der Waals surface area contributed by atoms with Crippen LogP contribution < -0.4 is 4.74 Å². The highest BCUT2D eigenvalue weighted by Gasteiger charge is 2.14. The van der Waals surface area contributed by atoms with Crippen LogP contribution in [0, 0.1) is 13.8 Å². The van der Waals surface area contributed by atoms with Gasteiger partial charge in [0, 0.05) is 28.6 Å². The van der Waals surface area contributed by atoms with Gasteiger partial charge in [-0.3, -0.25) is 4.98 Å². The Bertz CT molecular complexity index is 1110. The molecule has 0 bridgehead atoms. The molecule has 2 N–H and O–H groups in total. The van der Waals surface area contributed by atoms with E-state index in [4.69, 9.17) is 4.74 Å². The first-order valence-corrected chi connectivity index (χ1v) is 9.28. The van der Waals surface area contributed by atoms with Crippen molar-refractivity contribution in [3.05, 3.63) is 77.1 Å². The van der Waals surface area contributed by atoms with E-state index in [9.17, 15) is 5.11 Å². The van der Waals surface area contributed by atoms with Crippen molar-refractivity contribution < 1.29 is 9.84 Å². The van der Waals surface area contributed by atoms with Crippen LogP contribution in [-0.2, 0) is 13.2 Å². The van der Waals surface area contributed by atoms with Crippen molar-refractivity contribution in [2.24, 2.45) is 0 Å². The minimum Gasteiger partial charge on any atom is -0.488 e. The number of H-pyrrole nitrogens is 1. The SMILES string of the molecule is Cc1cc(OCc2ccc(-c3ccccc3)c(-c3nn[nH]n3)c2)c(CO)c(C)n1. The maximum Gasteiger partial charge on any atom is 0.205 e. The highest BCUT2D eigenvalue weighted by Crippen LogP contribution is 2.31. The summed E-state index contributed by atoms with van der Waals surface area (Å²) < 4.78 is 6.03. The molecule has 0 aliphatic carbocycles. The topological polar surface area (TPSA) is 96.8 Å². The van der Waals surface area contributed by atoms with Crippen molar-refractivity contribution in [2.45, 2.75) is 27.1 Å². The molecule has 0 unspecified atom stereocenters. The van der Waals surface area contributed by atoms with E-state index in [2.05, 4.69) is 25.6 Å². The molecule has 146 valence electrons. The van der Waals surface area contributed by atoms with Crippen molar-refractivity contribution in [3.63, 3.8) is 0 Å². The Morgan fingerprint density at radius 1 is 1.00 bits per heavy atom. The fourth-order valence-corrected chi connectivity index (χ4v) is 3.31. The van der Waals surface area contributed by atoms with Crippen molar-refractivity contribution in [1.82, 2.24) is 25.6 Å². The molecule has 7 heteroatoms. The van der Waals surface area contributed by atoms with Gasteiger partial charge in [-0.2, -0.15) is 5.21 Å². The van der Waals surface area contributed by atoms with Crippen LogP contribution in [0.5, 0.6) is 5.75 Å². The van der Waals surface area contributed by atoms with Gasteiger partial charge in [-0.25, -0.2) is 0 Å². The summed E-state index contributed by atoms with van der Waals surface area (Å²) in [6.45, 7) is 4.00. The third-order valence-electron chi connectivity index (χ3n) is 4.73. The quantitative estimate of drug-likeness (QED) is 0.524. The van der Waals surface area contributed by atoms with E-state index in [0.717, 1.165) is 33.6 Å². The van der Waals surface area contributed by atoms with E-state index < -0.39 is 0 Å². The number of hydrogen-bond donors (Lipinski definition) is 2. The predicted octanol–water partition coefficient (Wildman–Crippen LogP) is 3.62. The summed E-state index contributed by atoms with van der Waals surface area (Å²) in [5, 5.41) is 24.2. The molecular weight excluding hydrogens is 366 g/mol. The fraction of sp³-hybridized carbons (Fsp3) is 0.182. The van der Waals surface area contributed by atoms with Crippen molar-refractivity contribution >= 4 is 0 Å². The number of nitrogens with one attached hydrogen (secondary N) is 1. The number of aromatic nitrogens is 5. The van der Waals surface area contributed by atoms with Crippen LogP contribution in [0.3, 0.4) is 0 Å². The number of rotatable bonds is 6. The van der Waals surface area contributed by atoms with Gasteiger partial charge in [-0.05, 0) is 41.8 Å². The maximum atomic E-state index is 9.67. The summed E-state index contributed by atoms with van der Waals surface area (Å²) in [5.41, 5.74) is 6.24. The van der Waals surface area contributed by atoms with Crippen molar-refractivity contribution in [3.8, 4) is 28.3 Å². The second-order valence-corrected chi connectivity index (χ2v) is 6.75. The number of aromatic amines is 1. The molecule has 0 aliphatic rings. The third kappa shape index (κ3) is 4.00. The molecule has 0 fully saturated rings. The summed E-state index contributed by atoms with van der Waals surface area (Å²) in [6.07, 6.45) is 0. The Labute approximate surface area is 168 Å².